The number of carbonyl (C=O) groups is 2. The van der Waals surface area contributed by atoms with E-state index in [1.165, 1.54) is 18.2 Å². The smallest absolute Gasteiger partial charge is 0.305 e. The zero-order valence-electron chi connectivity index (χ0n) is 15.0. The van der Waals surface area contributed by atoms with Crippen molar-refractivity contribution in [3.05, 3.63) is 75.5 Å². The number of non-ortho nitro benzene ring substituents is 1. The first-order chi connectivity index (χ1) is 13.7. The third-order valence-corrected chi connectivity index (χ3v) is 4.73. The van der Waals surface area contributed by atoms with Gasteiger partial charge < -0.3 is 4.42 Å². The molecule has 29 heavy (non-hydrogen) atoms. The van der Waals surface area contributed by atoms with Crippen LogP contribution in [0.4, 0.5) is 5.69 Å². The average Bonchev–Trinajstić information content (AvgIpc) is 3.03. The molecule has 0 aliphatic rings. The van der Waals surface area contributed by atoms with Crippen LogP contribution in [0.25, 0.3) is 11.0 Å². The Morgan fingerprint density at radius 2 is 1.76 bits per heavy atom. The summed E-state index contributed by atoms with van der Waals surface area (Å²) in [5.74, 6) is -2.33. The van der Waals surface area contributed by atoms with E-state index in [0.29, 0.717) is 11.0 Å². The fourth-order valence-corrected chi connectivity index (χ4v) is 3.50. The van der Waals surface area contributed by atoms with E-state index in [9.17, 15) is 28.1 Å². The van der Waals surface area contributed by atoms with E-state index < -0.39 is 32.3 Å². The number of benzene rings is 2. The first kappa shape index (κ1) is 20.0. The number of para-hydroxylation sites is 1. The van der Waals surface area contributed by atoms with Gasteiger partial charge in [-0.1, -0.05) is 24.3 Å². The summed E-state index contributed by atoms with van der Waals surface area (Å²) >= 11 is 0. The Morgan fingerprint density at radius 1 is 1.07 bits per heavy atom. The molecule has 0 spiro atoms. The number of furan rings is 1. The number of rotatable bonds is 5. The van der Waals surface area contributed by atoms with Crippen molar-refractivity contribution in [2.75, 3.05) is 6.26 Å². The molecule has 0 bridgehead atoms. The topological polar surface area (TPSA) is 149 Å². The Bertz CT molecular complexity index is 1230. The highest BCUT2D eigenvalue weighted by Gasteiger charge is 2.24. The lowest BCUT2D eigenvalue weighted by atomic mass is 10.1. The number of hydrogen-bond donors (Lipinski definition) is 2. The molecule has 2 N–H and O–H groups in total. The Morgan fingerprint density at radius 3 is 2.45 bits per heavy atom. The first-order valence-corrected chi connectivity index (χ1v) is 10.2. The number of amides is 2. The maximum absolute atomic E-state index is 12.5. The lowest BCUT2D eigenvalue weighted by molar-refractivity contribution is -0.384. The summed E-state index contributed by atoms with van der Waals surface area (Å²) < 4.78 is 29.0. The van der Waals surface area contributed by atoms with E-state index >= 15 is 0 Å². The van der Waals surface area contributed by atoms with E-state index in [4.69, 9.17) is 4.42 Å². The minimum atomic E-state index is -3.47. The van der Waals surface area contributed by atoms with Crippen LogP contribution in [0.15, 0.2) is 52.9 Å². The van der Waals surface area contributed by atoms with Gasteiger partial charge in [-0.05, 0) is 12.1 Å². The lowest BCUT2D eigenvalue weighted by Gasteiger charge is -2.07. The molecular formula is C18H15N3O7S. The standard InChI is InChI=1S/C18H15N3O7S/c1-29(26,27)10-14-13-7-2-3-8-15(13)28-16(14)18(23)20-19-17(22)11-5-4-6-12(9-11)21(24)25/h2-9H,10H2,1H3,(H,19,22)(H,20,23). The minimum absolute atomic E-state index is 0.0412. The molecule has 0 aliphatic heterocycles. The fraction of sp³-hybridized carbons (Fsp3) is 0.111. The highest BCUT2D eigenvalue weighted by atomic mass is 32.2. The molecule has 1 aromatic heterocycles. The molecular weight excluding hydrogens is 402 g/mol. The van der Waals surface area contributed by atoms with Crippen molar-refractivity contribution in [3.8, 4) is 0 Å². The van der Waals surface area contributed by atoms with Crippen LogP contribution < -0.4 is 10.9 Å². The number of sulfone groups is 1. The molecule has 0 unspecified atom stereocenters. The van der Waals surface area contributed by atoms with Crippen LogP contribution in [0.3, 0.4) is 0 Å². The second kappa shape index (κ2) is 7.72. The van der Waals surface area contributed by atoms with Gasteiger partial charge in [0.05, 0.1) is 10.7 Å². The second-order valence-corrected chi connectivity index (χ2v) is 8.33. The SMILES string of the molecule is CS(=O)(=O)Cc1c(C(=O)NNC(=O)c2cccc([N+](=O)[O-])c2)oc2ccccc12. The molecule has 0 radical (unpaired) electrons. The van der Waals surface area contributed by atoms with Gasteiger partial charge in [-0.25, -0.2) is 8.42 Å². The summed E-state index contributed by atoms with van der Waals surface area (Å²) in [7, 11) is -3.47. The van der Waals surface area contributed by atoms with Gasteiger partial charge in [0.1, 0.15) is 5.58 Å². The predicted molar refractivity (Wildman–Crippen MR) is 103 cm³/mol. The fourth-order valence-electron chi connectivity index (χ4n) is 2.69. The van der Waals surface area contributed by atoms with Crippen molar-refractivity contribution in [3.63, 3.8) is 0 Å². The summed E-state index contributed by atoms with van der Waals surface area (Å²) in [6.07, 6.45) is 1.03. The quantitative estimate of drug-likeness (QED) is 0.476. The molecule has 2 aromatic carbocycles. The van der Waals surface area contributed by atoms with Crippen LogP contribution in [-0.2, 0) is 15.6 Å². The van der Waals surface area contributed by atoms with Gasteiger partial charge in [-0.3, -0.25) is 30.6 Å². The van der Waals surface area contributed by atoms with Crippen LogP contribution in [0.5, 0.6) is 0 Å². The van der Waals surface area contributed by atoms with Gasteiger partial charge in [-0.2, -0.15) is 0 Å². The molecule has 0 saturated heterocycles. The molecule has 2 amide bonds. The number of hydrogen-bond acceptors (Lipinski definition) is 7. The summed E-state index contributed by atoms with van der Waals surface area (Å²) in [4.78, 5) is 34.8. The second-order valence-electron chi connectivity index (χ2n) is 6.19. The molecule has 3 aromatic rings. The molecule has 3 rings (SSSR count). The molecule has 11 heteroatoms. The third-order valence-electron chi connectivity index (χ3n) is 3.92. The molecule has 0 atom stereocenters. The highest BCUT2D eigenvalue weighted by Crippen LogP contribution is 2.27. The largest absolute Gasteiger partial charge is 0.451 e. The van der Waals surface area contributed by atoms with Crippen LogP contribution in [0.1, 0.15) is 26.5 Å². The third kappa shape index (κ3) is 4.58. The molecule has 0 fully saturated rings. The Labute approximate surface area is 164 Å². The number of nitro groups is 1. The van der Waals surface area contributed by atoms with Crippen molar-refractivity contribution in [1.29, 1.82) is 0 Å². The van der Waals surface area contributed by atoms with Gasteiger partial charge in [0.25, 0.3) is 11.6 Å². The Hall–Kier alpha value is -3.73. The summed E-state index contributed by atoms with van der Waals surface area (Å²) in [5, 5.41) is 11.3. The molecule has 0 aliphatic carbocycles. The predicted octanol–water partition coefficient (Wildman–Crippen LogP) is 1.96. The number of nitro benzene ring substituents is 1. The Kier molecular flexibility index (Phi) is 5.33. The first-order valence-electron chi connectivity index (χ1n) is 8.19. The number of hydrazine groups is 1. The van der Waals surface area contributed by atoms with Crippen molar-refractivity contribution in [1.82, 2.24) is 10.9 Å². The summed E-state index contributed by atoms with van der Waals surface area (Å²) in [6, 6.07) is 11.5. The Balaban J connectivity index is 1.83. The summed E-state index contributed by atoms with van der Waals surface area (Å²) in [6.45, 7) is 0. The number of carbonyl (C=O) groups excluding carboxylic acids is 2. The van der Waals surface area contributed by atoms with E-state index in [2.05, 4.69) is 10.9 Å². The van der Waals surface area contributed by atoms with E-state index in [-0.39, 0.29) is 22.6 Å². The highest BCUT2D eigenvalue weighted by molar-refractivity contribution is 7.89. The van der Waals surface area contributed by atoms with Crippen molar-refractivity contribution in [2.24, 2.45) is 0 Å². The maximum Gasteiger partial charge on any atom is 0.305 e. The van der Waals surface area contributed by atoms with E-state index in [1.54, 1.807) is 24.3 Å². The zero-order chi connectivity index (χ0) is 21.2. The van der Waals surface area contributed by atoms with Gasteiger partial charge in [0, 0.05) is 34.9 Å². The number of nitrogens with zero attached hydrogens (tertiary/aromatic N) is 1. The monoisotopic (exact) mass is 417 g/mol. The maximum atomic E-state index is 12.5. The van der Waals surface area contributed by atoms with Gasteiger partial charge in [-0.15, -0.1) is 0 Å². The number of fused-ring (bicyclic) bond motifs is 1. The van der Waals surface area contributed by atoms with E-state index in [1.807, 2.05) is 0 Å². The van der Waals surface area contributed by atoms with Crippen LogP contribution in [-0.4, -0.2) is 31.4 Å². The normalized spacial score (nSPS) is 11.2. The van der Waals surface area contributed by atoms with Crippen LogP contribution in [0, 0.1) is 10.1 Å². The van der Waals surface area contributed by atoms with E-state index in [0.717, 1.165) is 12.3 Å². The molecule has 0 saturated carbocycles. The number of nitrogens with one attached hydrogen (secondary N) is 2. The summed E-state index contributed by atoms with van der Waals surface area (Å²) in [5.41, 5.74) is 4.43. The van der Waals surface area contributed by atoms with Crippen molar-refractivity contribution >= 4 is 38.3 Å². The van der Waals surface area contributed by atoms with Gasteiger partial charge in [0.15, 0.2) is 15.6 Å². The molecule has 10 nitrogen and oxygen atoms in total. The average molecular weight is 417 g/mol. The van der Waals surface area contributed by atoms with Crippen molar-refractivity contribution < 1.29 is 27.3 Å². The van der Waals surface area contributed by atoms with Crippen molar-refractivity contribution in [2.45, 2.75) is 5.75 Å². The molecule has 1 heterocycles. The van der Waals surface area contributed by atoms with Crippen LogP contribution in [0.2, 0.25) is 0 Å². The minimum Gasteiger partial charge on any atom is -0.451 e. The lowest BCUT2D eigenvalue weighted by Crippen LogP contribution is -2.41. The van der Waals surface area contributed by atoms with Crippen LogP contribution >= 0.6 is 0 Å². The zero-order valence-corrected chi connectivity index (χ0v) is 15.9. The van der Waals surface area contributed by atoms with Gasteiger partial charge in [0.2, 0.25) is 0 Å². The van der Waals surface area contributed by atoms with Gasteiger partial charge >= 0.3 is 5.91 Å². The molecule has 150 valence electrons.